The van der Waals surface area contributed by atoms with Gasteiger partial charge in [0.05, 0.1) is 11.3 Å². The van der Waals surface area contributed by atoms with E-state index in [1.54, 1.807) is 12.1 Å². The molecule has 126 valence electrons. The van der Waals surface area contributed by atoms with Crippen molar-refractivity contribution in [2.75, 3.05) is 0 Å². The largest absolute Gasteiger partial charge is 0.423 e. The molecule has 2 aromatic carbocycles. The van der Waals surface area contributed by atoms with E-state index in [9.17, 15) is 4.79 Å². The molecule has 0 amide bonds. The van der Waals surface area contributed by atoms with E-state index in [-0.39, 0.29) is 5.97 Å². The summed E-state index contributed by atoms with van der Waals surface area (Å²) in [5.74, 6) is 0.202. The predicted molar refractivity (Wildman–Crippen MR) is 99.8 cm³/mol. The van der Waals surface area contributed by atoms with E-state index in [4.69, 9.17) is 4.74 Å². The fraction of sp³-hybridized carbons (Fsp3) is 0.182. The monoisotopic (exact) mass is 331 g/mol. The fourth-order valence-corrected chi connectivity index (χ4v) is 2.54. The van der Waals surface area contributed by atoms with Crippen LogP contribution in [0.2, 0.25) is 0 Å². The van der Waals surface area contributed by atoms with E-state index < -0.39 is 0 Å². The first-order valence-electron chi connectivity index (χ1n) is 8.56. The SMILES string of the molecule is CCc1ccc(OC(=O)c2ccc(-c3ccc(CC)cn3)cc2)cc1. The Balaban J connectivity index is 1.71. The van der Waals surface area contributed by atoms with Gasteiger partial charge in [0.2, 0.25) is 0 Å². The van der Waals surface area contributed by atoms with Gasteiger partial charge in [-0.2, -0.15) is 0 Å². The van der Waals surface area contributed by atoms with Crippen molar-refractivity contribution in [1.82, 2.24) is 4.98 Å². The highest BCUT2D eigenvalue weighted by atomic mass is 16.5. The minimum Gasteiger partial charge on any atom is -0.423 e. The second kappa shape index (κ2) is 7.75. The number of rotatable bonds is 5. The first kappa shape index (κ1) is 16.9. The molecule has 25 heavy (non-hydrogen) atoms. The van der Waals surface area contributed by atoms with Crippen molar-refractivity contribution in [3.05, 3.63) is 83.6 Å². The summed E-state index contributed by atoms with van der Waals surface area (Å²) in [5.41, 5.74) is 4.82. The Labute approximate surface area is 148 Å². The Morgan fingerprint density at radius 2 is 1.48 bits per heavy atom. The second-order valence-electron chi connectivity index (χ2n) is 5.87. The molecule has 0 saturated carbocycles. The first-order valence-corrected chi connectivity index (χ1v) is 8.56. The van der Waals surface area contributed by atoms with Gasteiger partial charge in [-0.15, -0.1) is 0 Å². The van der Waals surface area contributed by atoms with E-state index >= 15 is 0 Å². The molecule has 1 aromatic heterocycles. The third-order valence-electron chi connectivity index (χ3n) is 4.19. The van der Waals surface area contributed by atoms with Crippen molar-refractivity contribution in [1.29, 1.82) is 0 Å². The molecule has 0 radical (unpaired) electrons. The number of hydrogen-bond acceptors (Lipinski definition) is 3. The number of benzene rings is 2. The van der Waals surface area contributed by atoms with E-state index in [0.717, 1.165) is 24.1 Å². The number of nitrogens with zero attached hydrogens (tertiary/aromatic N) is 1. The van der Waals surface area contributed by atoms with Crippen molar-refractivity contribution in [3.63, 3.8) is 0 Å². The molecule has 0 aliphatic heterocycles. The van der Waals surface area contributed by atoms with Crippen LogP contribution in [0.5, 0.6) is 5.75 Å². The summed E-state index contributed by atoms with van der Waals surface area (Å²) in [6.45, 7) is 4.19. The number of carbonyl (C=O) groups excluding carboxylic acids is 1. The van der Waals surface area contributed by atoms with E-state index in [1.165, 1.54) is 11.1 Å². The lowest BCUT2D eigenvalue weighted by molar-refractivity contribution is 0.0735. The minimum atomic E-state index is -0.356. The highest BCUT2D eigenvalue weighted by Gasteiger charge is 2.09. The third kappa shape index (κ3) is 4.13. The van der Waals surface area contributed by atoms with Gasteiger partial charge in [0.1, 0.15) is 5.75 Å². The van der Waals surface area contributed by atoms with Gasteiger partial charge in [0, 0.05) is 11.8 Å². The number of hydrogen-bond donors (Lipinski definition) is 0. The maximum Gasteiger partial charge on any atom is 0.343 e. The Kier molecular flexibility index (Phi) is 5.24. The van der Waals surface area contributed by atoms with E-state index in [1.807, 2.05) is 48.7 Å². The molecule has 1 heterocycles. The van der Waals surface area contributed by atoms with Crippen LogP contribution in [0.25, 0.3) is 11.3 Å². The average Bonchev–Trinajstić information content (AvgIpc) is 2.69. The molecule has 3 rings (SSSR count). The minimum absolute atomic E-state index is 0.356. The molecule has 0 spiro atoms. The molecule has 0 fully saturated rings. The Morgan fingerprint density at radius 1 is 0.840 bits per heavy atom. The molecule has 3 heteroatoms. The second-order valence-corrected chi connectivity index (χ2v) is 5.87. The van der Waals surface area contributed by atoms with Crippen molar-refractivity contribution < 1.29 is 9.53 Å². The highest BCUT2D eigenvalue weighted by Crippen LogP contribution is 2.19. The Bertz CT molecular complexity index is 835. The fourth-order valence-electron chi connectivity index (χ4n) is 2.54. The maximum atomic E-state index is 12.3. The topological polar surface area (TPSA) is 39.2 Å². The lowest BCUT2D eigenvalue weighted by Gasteiger charge is -2.06. The van der Waals surface area contributed by atoms with Crippen molar-refractivity contribution in [2.24, 2.45) is 0 Å². The maximum absolute atomic E-state index is 12.3. The van der Waals surface area contributed by atoms with Gasteiger partial charge in [-0.1, -0.05) is 44.2 Å². The zero-order chi connectivity index (χ0) is 17.6. The lowest BCUT2D eigenvalue weighted by atomic mass is 10.1. The normalized spacial score (nSPS) is 10.5. The van der Waals surface area contributed by atoms with Crippen LogP contribution >= 0.6 is 0 Å². The quantitative estimate of drug-likeness (QED) is 0.483. The summed E-state index contributed by atoms with van der Waals surface area (Å²) in [7, 11) is 0. The number of pyridine rings is 1. The smallest absolute Gasteiger partial charge is 0.343 e. The molecule has 0 aliphatic rings. The van der Waals surface area contributed by atoms with Crippen LogP contribution in [0.4, 0.5) is 0 Å². The molecule has 0 aliphatic carbocycles. The molecular formula is C22H21NO2. The molecule has 0 unspecified atom stereocenters. The van der Waals surface area contributed by atoms with Crippen LogP contribution in [0.1, 0.15) is 35.3 Å². The zero-order valence-corrected chi connectivity index (χ0v) is 14.5. The average molecular weight is 331 g/mol. The Morgan fingerprint density at radius 3 is 2.04 bits per heavy atom. The van der Waals surface area contributed by atoms with Crippen LogP contribution in [0.3, 0.4) is 0 Å². The van der Waals surface area contributed by atoms with Crippen molar-refractivity contribution >= 4 is 5.97 Å². The van der Waals surface area contributed by atoms with Crippen LogP contribution < -0.4 is 4.74 Å². The summed E-state index contributed by atoms with van der Waals surface area (Å²) < 4.78 is 5.42. The van der Waals surface area contributed by atoms with Gasteiger partial charge in [-0.3, -0.25) is 4.98 Å². The molecule has 3 nitrogen and oxygen atoms in total. The van der Waals surface area contributed by atoms with Crippen LogP contribution in [-0.2, 0) is 12.8 Å². The van der Waals surface area contributed by atoms with Gasteiger partial charge in [-0.25, -0.2) is 4.79 Å². The van der Waals surface area contributed by atoms with Gasteiger partial charge in [0.25, 0.3) is 0 Å². The highest BCUT2D eigenvalue weighted by molar-refractivity contribution is 5.91. The molecule has 0 N–H and O–H groups in total. The standard InChI is InChI=1S/C22H21NO2/c1-3-16-5-12-20(13-6-16)25-22(24)19-10-8-18(9-11-19)21-14-7-17(4-2)15-23-21/h5-15H,3-4H2,1-2H3. The molecule has 0 bridgehead atoms. The number of aromatic nitrogens is 1. The number of esters is 1. The number of aryl methyl sites for hydroxylation is 2. The number of ether oxygens (including phenoxy) is 1. The molecular weight excluding hydrogens is 310 g/mol. The molecule has 0 atom stereocenters. The summed E-state index contributed by atoms with van der Waals surface area (Å²) in [5, 5.41) is 0. The van der Waals surface area contributed by atoms with Gasteiger partial charge >= 0.3 is 5.97 Å². The summed E-state index contributed by atoms with van der Waals surface area (Å²) in [4.78, 5) is 16.7. The summed E-state index contributed by atoms with van der Waals surface area (Å²) in [6.07, 6.45) is 3.82. The summed E-state index contributed by atoms with van der Waals surface area (Å²) >= 11 is 0. The first-order chi connectivity index (χ1) is 12.2. The molecule has 0 saturated heterocycles. The Hall–Kier alpha value is -2.94. The van der Waals surface area contributed by atoms with E-state index in [2.05, 4.69) is 24.9 Å². The van der Waals surface area contributed by atoms with Crippen LogP contribution in [0.15, 0.2) is 66.9 Å². The van der Waals surface area contributed by atoms with E-state index in [0.29, 0.717) is 11.3 Å². The lowest BCUT2D eigenvalue weighted by Crippen LogP contribution is -2.08. The number of carbonyl (C=O) groups is 1. The van der Waals surface area contributed by atoms with Gasteiger partial charge in [0.15, 0.2) is 0 Å². The van der Waals surface area contributed by atoms with Gasteiger partial charge in [-0.05, 0) is 54.3 Å². The van der Waals surface area contributed by atoms with Crippen LogP contribution in [0, 0.1) is 0 Å². The predicted octanol–water partition coefficient (Wildman–Crippen LogP) is 5.09. The van der Waals surface area contributed by atoms with Crippen LogP contribution in [-0.4, -0.2) is 11.0 Å². The molecule has 3 aromatic rings. The van der Waals surface area contributed by atoms with Gasteiger partial charge < -0.3 is 4.74 Å². The summed E-state index contributed by atoms with van der Waals surface area (Å²) in [6, 6.07) is 19.0. The van der Waals surface area contributed by atoms with Crippen molar-refractivity contribution in [2.45, 2.75) is 26.7 Å². The zero-order valence-electron chi connectivity index (χ0n) is 14.5. The third-order valence-corrected chi connectivity index (χ3v) is 4.19. The van der Waals surface area contributed by atoms with Crippen molar-refractivity contribution in [3.8, 4) is 17.0 Å².